The Morgan fingerprint density at radius 1 is 1.58 bits per heavy atom. The van der Waals surface area contributed by atoms with Crippen LogP contribution in [0.2, 0.25) is 0 Å². The predicted molar refractivity (Wildman–Crippen MR) is 47.6 cm³/mol. The topological polar surface area (TPSA) is 52.3 Å². The first kappa shape index (κ1) is 11.2. The van der Waals surface area contributed by atoms with E-state index >= 15 is 0 Å². The van der Waals surface area contributed by atoms with E-state index in [0.717, 1.165) is 0 Å². The molecule has 0 saturated heterocycles. The molecule has 0 radical (unpaired) electrons. The van der Waals surface area contributed by atoms with Crippen molar-refractivity contribution in [3.63, 3.8) is 0 Å². The van der Waals surface area contributed by atoms with Crippen LogP contribution in [0.4, 0.5) is 0 Å². The molecule has 3 nitrogen and oxygen atoms in total. The second-order valence-electron chi connectivity index (χ2n) is 2.31. The van der Waals surface area contributed by atoms with Gasteiger partial charge in [-0.2, -0.15) is 0 Å². The summed E-state index contributed by atoms with van der Waals surface area (Å²) in [4.78, 5) is 11.0. The molecule has 3 heteroatoms. The Hall–Kier alpha value is -0.850. The Bertz CT molecular complexity index is 179. The van der Waals surface area contributed by atoms with Crippen molar-refractivity contribution in [2.24, 2.45) is 5.73 Å². The second kappa shape index (κ2) is 8.25. The normalized spacial score (nSPS) is 8.83. The molecule has 0 aromatic heterocycles. The molecule has 0 aromatic carbocycles. The first-order valence-corrected chi connectivity index (χ1v) is 4.00. The lowest BCUT2D eigenvalue weighted by atomic mass is 10.2. The van der Waals surface area contributed by atoms with Crippen LogP contribution in [0.1, 0.15) is 19.8 Å². The summed E-state index contributed by atoms with van der Waals surface area (Å²) in [6.07, 6.45) is 1.10. The molecule has 2 N–H and O–H groups in total. The SMILES string of the molecule is CC#CCCC(=O)COCCN. The van der Waals surface area contributed by atoms with Gasteiger partial charge in [0.15, 0.2) is 5.78 Å². The highest BCUT2D eigenvalue weighted by Gasteiger charge is 1.99. The van der Waals surface area contributed by atoms with E-state index in [1.807, 2.05) is 0 Å². The van der Waals surface area contributed by atoms with Crippen LogP contribution in [-0.4, -0.2) is 25.5 Å². The Morgan fingerprint density at radius 2 is 2.33 bits per heavy atom. The van der Waals surface area contributed by atoms with E-state index < -0.39 is 0 Å². The van der Waals surface area contributed by atoms with Crippen LogP contribution in [0.25, 0.3) is 0 Å². The molecule has 0 amide bonds. The molecular formula is C9H15NO2. The number of carbonyl (C=O) groups excluding carboxylic acids is 1. The highest BCUT2D eigenvalue weighted by Crippen LogP contribution is 1.89. The van der Waals surface area contributed by atoms with Gasteiger partial charge in [-0.15, -0.1) is 11.8 Å². The maximum absolute atomic E-state index is 11.0. The molecule has 0 bridgehead atoms. The number of Topliss-reactive ketones (excluding diaryl/α,β-unsaturated/α-hetero) is 1. The summed E-state index contributed by atoms with van der Waals surface area (Å²) in [6.45, 7) is 2.84. The van der Waals surface area contributed by atoms with Crippen molar-refractivity contribution in [3.8, 4) is 11.8 Å². The molecule has 0 rings (SSSR count). The Labute approximate surface area is 73.3 Å². The molecule has 0 aromatic rings. The van der Waals surface area contributed by atoms with Crippen LogP contribution in [0.15, 0.2) is 0 Å². The van der Waals surface area contributed by atoms with Gasteiger partial charge in [0.25, 0.3) is 0 Å². The van der Waals surface area contributed by atoms with Gasteiger partial charge in [-0.3, -0.25) is 4.79 Å². The van der Waals surface area contributed by atoms with Gasteiger partial charge >= 0.3 is 0 Å². The lowest BCUT2D eigenvalue weighted by molar-refractivity contribution is -0.123. The summed E-state index contributed by atoms with van der Waals surface area (Å²) < 4.78 is 4.95. The minimum absolute atomic E-state index is 0.0891. The fraction of sp³-hybridized carbons (Fsp3) is 0.667. The van der Waals surface area contributed by atoms with Gasteiger partial charge in [0.2, 0.25) is 0 Å². The molecule has 0 aliphatic carbocycles. The van der Waals surface area contributed by atoms with E-state index in [-0.39, 0.29) is 12.4 Å². The monoisotopic (exact) mass is 169 g/mol. The van der Waals surface area contributed by atoms with Crippen molar-refractivity contribution in [2.45, 2.75) is 19.8 Å². The quantitative estimate of drug-likeness (QED) is 0.460. The maximum Gasteiger partial charge on any atom is 0.159 e. The third-order valence-electron chi connectivity index (χ3n) is 1.23. The summed E-state index contributed by atoms with van der Waals surface area (Å²) in [5.41, 5.74) is 5.18. The highest BCUT2D eigenvalue weighted by molar-refractivity contribution is 5.79. The average Bonchev–Trinajstić information content (AvgIpc) is 2.06. The van der Waals surface area contributed by atoms with Crippen LogP contribution in [0.5, 0.6) is 0 Å². The van der Waals surface area contributed by atoms with Crippen LogP contribution < -0.4 is 5.73 Å². The minimum atomic E-state index is 0.0891. The number of ether oxygens (including phenoxy) is 1. The minimum Gasteiger partial charge on any atom is -0.372 e. The predicted octanol–water partition coefficient (Wildman–Crippen LogP) is 0.334. The second-order valence-corrected chi connectivity index (χ2v) is 2.31. The molecule has 0 saturated carbocycles. The highest BCUT2D eigenvalue weighted by atomic mass is 16.5. The molecule has 0 spiro atoms. The fourth-order valence-electron chi connectivity index (χ4n) is 0.668. The summed E-state index contributed by atoms with van der Waals surface area (Å²) in [5.74, 6) is 5.63. The lowest BCUT2D eigenvalue weighted by Gasteiger charge is -1.99. The number of ketones is 1. The van der Waals surface area contributed by atoms with E-state index in [1.54, 1.807) is 6.92 Å². The Balaban J connectivity index is 3.25. The zero-order valence-electron chi connectivity index (χ0n) is 7.43. The van der Waals surface area contributed by atoms with Crippen LogP contribution >= 0.6 is 0 Å². The van der Waals surface area contributed by atoms with Gasteiger partial charge in [0, 0.05) is 19.4 Å². The fourth-order valence-corrected chi connectivity index (χ4v) is 0.668. The van der Waals surface area contributed by atoms with Crippen molar-refractivity contribution < 1.29 is 9.53 Å². The average molecular weight is 169 g/mol. The number of carbonyl (C=O) groups is 1. The summed E-state index contributed by atoms with van der Waals surface area (Å²) in [6, 6.07) is 0. The number of nitrogens with two attached hydrogens (primary N) is 1. The third kappa shape index (κ3) is 7.26. The standard InChI is InChI=1S/C9H15NO2/c1-2-3-4-5-9(11)8-12-7-6-10/h4-8,10H2,1H3. The van der Waals surface area contributed by atoms with E-state index in [0.29, 0.717) is 26.0 Å². The molecular weight excluding hydrogens is 154 g/mol. The van der Waals surface area contributed by atoms with Gasteiger partial charge in [0.05, 0.1) is 6.61 Å². The van der Waals surface area contributed by atoms with Gasteiger partial charge in [0.1, 0.15) is 6.61 Å². The smallest absolute Gasteiger partial charge is 0.159 e. The van der Waals surface area contributed by atoms with Crippen molar-refractivity contribution in [3.05, 3.63) is 0 Å². The third-order valence-corrected chi connectivity index (χ3v) is 1.23. The van der Waals surface area contributed by atoms with Gasteiger partial charge in [-0.25, -0.2) is 0 Å². The molecule has 0 fully saturated rings. The number of hydrogen-bond acceptors (Lipinski definition) is 3. The number of rotatable bonds is 6. The maximum atomic E-state index is 11.0. The Morgan fingerprint density at radius 3 is 2.92 bits per heavy atom. The van der Waals surface area contributed by atoms with Crippen molar-refractivity contribution in [1.29, 1.82) is 0 Å². The molecule has 68 valence electrons. The van der Waals surface area contributed by atoms with E-state index in [9.17, 15) is 4.79 Å². The van der Waals surface area contributed by atoms with E-state index in [4.69, 9.17) is 10.5 Å². The molecule has 0 aliphatic rings. The zero-order valence-corrected chi connectivity index (χ0v) is 7.43. The van der Waals surface area contributed by atoms with Crippen LogP contribution in [0, 0.1) is 11.8 Å². The largest absolute Gasteiger partial charge is 0.372 e. The summed E-state index contributed by atoms with van der Waals surface area (Å²) in [7, 11) is 0. The first-order chi connectivity index (χ1) is 5.81. The van der Waals surface area contributed by atoms with Gasteiger partial charge in [-0.05, 0) is 6.92 Å². The van der Waals surface area contributed by atoms with Gasteiger partial charge < -0.3 is 10.5 Å². The van der Waals surface area contributed by atoms with Crippen molar-refractivity contribution in [1.82, 2.24) is 0 Å². The lowest BCUT2D eigenvalue weighted by Crippen LogP contribution is -2.14. The summed E-state index contributed by atoms with van der Waals surface area (Å²) >= 11 is 0. The van der Waals surface area contributed by atoms with Gasteiger partial charge in [-0.1, -0.05) is 0 Å². The molecule has 12 heavy (non-hydrogen) atoms. The van der Waals surface area contributed by atoms with E-state index in [1.165, 1.54) is 0 Å². The van der Waals surface area contributed by atoms with Crippen LogP contribution in [-0.2, 0) is 9.53 Å². The zero-order chi connectivity index (χ0) is 9.23. The molecule has 0 unspecified atom stereocenters. The molecule has 0 atom stereocenters. The molecule has 0 heterocycles. The Kier molecular flexibility index (Phi) is 7.66. The molecule has 0 aliphatic heterocycles. The summed E-state index contributed by atoms with van der Waals surface area (Å²) in [5, 5.41) is 0. The van der Waals surface area contributed by atoms with Crippen LogP contribution in [0.3, 0.4) is 0 Å². The number of hydrogen-bond donors (Lipinski definition) is 1. The van der Waals surface area contributed by atoms with E-state index in [2.05, 4.69) is 11.8 Å². The first-order valence-electron chi connectivity index (χ1n) is 4.00. The van der Waals surface area contributed by atoms with Crippen molar-refractivity contribution in [2.75, 3.05) is 19.8 Å². The van der Waals surface area contributed by atoms with Crippen molar-refractivity contribution >= 4 is 5.78 Å².